The second-order valence-corrected chi connectivity index (χ2v) is 8.54. The van der Waals surface area contributed by atoms with E-state index in [-0.39, 0.29) is 47.3 Å². The molecule has 0 saturated carbocycles. The van der Waals surface area contributed by atoms with Crippen LogP contribution >= 0.6 is 0 Å². The van der Waals surface area contributed by atoms with Gasteiger partial charge in [-0.05, 0) is 57.1 Å². The fourth-order valence-electron chi connectivity index (χ4n) is 4.16. The molecule has 0 radical (unpaired) electrons. The van der Waals surface area contributed by atoms with E-state index in [1.165, 1.54) is 4.90 Å². The molecule has 1 aromatic heterocycles. The van der Waals surface area contributed by atoms with Gasteiger partial charge in [-0.25, -0.2) is 0 Å². The Hall–Kier alpha value is -1.54. The summed E-state index contributed by atoms with van der Waals surface area (Å²) in [4.78, 5) is 44.1. The number of pyridine rings is 1. The van der Waals surface area contributed by atoms with E-state index < -0.39 is 17.4 Å². The van der Waals surface area contributed by atoms with E-state index in [0.29, 0.717) is 29.7 Å². The standard InChI is InChI=1S/C21H27N3O4.Na/c1-21(2)12-16-15(19(26)24(16)18(21)20(27)28)11-14-10-13(7-8-22-14)17(25)6-5-9-23(3)4;/h7-8,10-11,16,18H,5-6,9,12H2,1-4H3,(H,27,28);/q;+1/p-1/b15-11+;/t16?,18-;/m0./s1. The fourth-order valence-corrected chi connectivity index (χ4v) is 4.16. The Kier molecular flexibility index (Phi) is 7.43. The first kappa shape index (κ1) is 23.7. The van der Waals surface area contributed by atoms with Crippen molar-refractivity contribution in [3.8, 4) is 0 Å². The minimum absolute atomic E-state index is 0. The minimum atomic E-state index is -1.22. The molecule has 2 aliphatic rings. The van der Waals surface area contributed by atoms with Gasteiger partial charge in [0, 0.05) is 23.8 Å². The van der Waals surface area contributed by atoms with Crippen LogP contribution in [0.25, 0.3) is 6.08 Å². The van der Waals surface area contributed by atoms with Crippen LogP contribution in [0.3, 0.4) is 0 Å². The molecule has 150 valence electrons. The number of carbonyl (C=O) groups is 3. The molecule has 2 aliphatic heterocycles. The second kappa shape index (κ2) is 9.08. The van der Waals surface area contributed by atoms with Crippen molar-refractivity contribution in [1.29, 1.82) is 0 Å². The monoisotopic (exact) mass is 407 g/mol. The van der Waals surface area contributed by atoms with E-state index >= 15 is 0 Å². The van der Waals surface area contributed by atoms with Crippen LogP contribution in [0.1, 0.15) is 49.2 Å². The van der Waals surface area contributed by atoms with Gasteiger partial charge in [0.05, 0.1) is 23.7 Å². The molecular formula is C21H26N3NaO4. The molecule has 1 unspecified atom stereocenters. The van der Waals surface area contributed by atoms with Crippen LogP contribution in [0.15, 0.2) is 23.9 Å². The Morgan fingerprint density at radius 1 is 1.38 bits per heavy atom. The van der Waals surface area contributed by atoms with Gasteiger partial charge in [0.15, 0.2) is 5.78 Å². The number of hydrogen-bond acceptors (Lipinski definition) is 6. The number of rotatable bonds is 7. The van der Waals surface area contributed by atoms with E-state index in [1.54, 1.807) is 24.4 Å². The molecule has 2 fully saturated rings. The first-order valence-electron chi connectivity index (χ1n) is 9.51. The molecule has 8 heteroatoms. The summed E-state index contributed by atoms with van der Waals surface area (Å²) in [6, 6.07) is 2.21. The molecule has 1 amide bonds. The average Bonchev–Trinajstić information content (AvgIpc) is 2.87. The Morgan fingerprint density at radius 2 is 2.07 bits per heavy atom. The molecule has 0 aromatic carbocycles. The summed E-state index contributed by atoms with van der Waals surface area (Å²) in [6.45, 7) is 4.51. The number of aliphatic carboxylic acids is 1. The van der Waals surface area contributed by atoms with Crippen LogP contribution in [0.2, 0.25) is 0 Å². The molecule has 7 nitrogen and oxygen atoms in total. The van der Waals surface area contributed by atoms with Gasteiger partial charge >= 0.3 is 29.6 Å². The van der Waals surface area contributed by atoms with E-state index in [2.05, 4.69) is 4.98 Å². The number of carboxylic acids is 1. The summed E-state index contributed by atoms with van der Waals surface area (Å²) >= 11 is 0. The van der Waals surface area contributed by atoms with Crippen molar-refractivity contribution in [3.05, 3.63) is 35.2 Å². The van der Waals surface area contributed by atoms with Gasteiger partial charge in [0.2, 0.25) is 0 Å². The van der Waals surface area contributed by atoms with Gasteiger partial charge in [-0.1, -0.05) is 13.8 Å². The first-order chi connectivity index (χ1) is 13.1. The van der Waals surface area contributed by atoms with Gasteiger partial charge in [0.25, 0.3) is 5.91 Å². The zero-order valence-electron chi connectivity index (χ0n) is 17.8. The van der Waals surface area contributed by atoms with Gasteiger partial charge < -0.3 is 19.7 Å². The van der Waals surface area contributed by atoms with E-state index in [1.807, 2.05) is 32.8 Å². The number of amides is 1. The average molecular weight is 407 g/mol. The summed E-state index contributed by atoms with van der Waals surface area (Å²) in [5.41, 5.74) is 1.10. The largest absolute Gasteiger partial charge is 1.00 e. The summed E-state index contributed by atoms with van der Waals surface area (Å²) < 4.78 is 0. The van der Waals surface area contributed by atoms with Crippen LogP contribution in [0, 0.1) is 5.41 Å². The normalized spacial score (nSPS) is 23.6. The number of ketones is 1. The maximum Gasteiger partial charge on any atom is 1.00 e. The third-order valence-electron chi connectivity index (χ3n) is 5.55. The zero-order valence-corrected chi connectivity index (χ0v) is 19.8. The predicted molar refractivity (Wildman–Crippen MR) is 102 cm³/mol. The van der Waals surface area contributed by atoms with Crippen molar-refractivity contribution in [1.82, 2.24) is 14.8 Å². The second-order valence-electron chi connectivity index (χ2n) is 8.54. The minimum Gasteiger partial charge on any atom is -0.548 e. The predicted octanol–water partition coefficient (Wildman–Crippen LogP) is -2.25. The number of β-lactam (4-membered cyclic amide) rings is 1. The summed E-state index contributed by atoms with van der Waals surface area (Å²) in [6.07, 6.45) is 5.03. The smallest absolute Gasteiger partial charge is 0.548 e. The van der Waals surface area contributed by atoms with Gasteiger partial charge in [-0.2, -0.15) is 0 Å². The molecule has 29 heavy (non-hydrogen) atoms. The maximum atomic E-state index is 12.5. The molecule has 3 heterocycles. The van der Waals surface area contributed by atoms with Crippen LogP contribution in [0.4, 0.5) is 0 Å². The van der Waals surface area contributed by atoms with Crippen LogP contribution in [-0.4, -0.2) is 65.2 Å². The molecule has 0 spiro atoms. The van der Waals surface area contributed by atoms with Gasteiger partial charge in [-0.15, -0.1) is 0 Å². The molecule has 0 N–H and O–H groups in total. The number of carbonyl (C=O) groups excluding carboxylic acids is 3. The number of nitrogens with zero attached hydrogens (tertiary/aromatic N) is 3. The van der Waals surface area contributed by atoms with Crippen molar-refractivity contribution >= 4 is 23.7 Å². The van der Waals surface area contributed by atoms with Gasteiger partial charge in [0.1, 0.15) is 0 Å². The number of fused-ring (bicyclic) bond motifs is 1. The van der Waals surface area contributed by atoms with E-state index in [0.717, 1.165) is 13.0 Å². The van der Waals surface area contributed by atoms with Crippen molar-refractivity contribution in [2.75, 3.05) is 20.6 Å². The van der Waals surface area contributed by atoms with Crippen molar-refractivity contribution < 1.29 is 49.0 Å². The molecular weight excluding hydrogens is 381 g/mol. The maximum absolute atomic E-state index is 12.5. The first-order valence-corrected chi connectivity index (χ1v) is 9.51. The Labute approximate surface area is 193 Å². The number of carboxylic acid groups (broad SMARTS) is 1. The summed E-state index contributed by atoms with van der Waals surface area (Å²) in [5.74, 6) is -1.47. The summed E-state index contributed by atoms with van der Waals surface area (Å²) in [7, 11) is 3.94. The summed E-state index contributed by atoms with van der Waals surface area (Å²) in [5, 5.41) is 11.5. The van der Waals surface area contributed by atoms with Crippen LogP contribution in [-0.2, 0) is 9.59 Å². The van der Waals surface area contributed by atoms with E-state index in [9.17, 15) is 19.5 Å². The Bertz CT molecular complexity index is 850. The Balaban J connectivity index is 0.00000300. The molecule has 0 bridgehead atoms. The van der Waals surface area contributed by atoms with Crippen molar-refractivity contribution in [3.63, 3.8) is 0 Å². The molecule has 3 rings (SSSR count). The Morgan fingerprint density at radius 3 is 2.69 bits per heavy atom. The van der Waals surface area contributed by atoms with Crippen molar-refractivity contribution in [2.24, 2.45) is 5.41 Å². The quantitative estimate of drug-likeness (QED) is 0.220. The number of hydrogen-bond donors (Lipinski definition) is 0. The zero-order chi connectivity index (χ0) is 20.6. The molecule has 1 aromatic rings. The van der Waals surface area contributed by atoms with E-state index in [4.69, 9.17) is 0 Å². The third kappa shape index (κ3) is 4.79. The third-order valence-corrected chi connectivity index (χ3v) is 5.55. The number of aromatic nitrogens is 1. The van der Waals surface area contributed by atoms with Gasteiger partial charge in [-0.3, -0.25) is 14.6 Å². The molecule has 0 aliphatic carbocycles. The topological polar surface area (TPSA) is 93.6 Å². The fraction of sp³-hybridized carbons (Fsp3) is 0.524. The van der Waals surface area contributed by atoms with Crippen LogP contribution < -0.4 is 34.7 Å². The van der Waals surface area contributed by atoms with Crippen LogP contribution in [0.5, 0.6) is 0 Å². The molecule has 2 saturated heterocycles. The SMILES string of the molecule is CN(C)CCCC(=O)c1ccnc(/C=C2/C(=O)N3C2CC(C)(C)[C@@H]3C(=O)[O-])c1.[Na+]. The van der Waals surface area contributed by atoms with Crippen molar-refractivity contribution in [2.45, 2.75) is 45.2 Å². The molecule has 2 atom stereocenters. The number of Topliss-reactive ketones (excluding diaryl/α,β-unsaturated/α-hetero) is 1.